The highest BCUT2D eigenvalue weighted by atomic mass is 35.5. The Morgan fingerprint density at radius 3 is 2.76 bits per heavy atom. The molecule has 2 heterocycles. The Morgan fingerprint density at radius 1 is 1.26 bits per heavy atom. The molecule has 1 aliphatic heterocycles. The first-order chi connectivity index (χ1) is 16.5. The number of anilines is 1. The minimum atomic E-state index is -0.0726. The average Bonchev–Trinajstić information content (AvgIpc) is 3.25. The number of aromatic nitrogens is 1. The zero-order valence-corrected chi connectivity index (χ0v) is 22.2. The summed E-state index contributed by atoms with van der Waals surface area (Å²) in [6.07, 6.45) is 5.88. The summed E-state index contributed by atoms with van der Waals surface area (Å²) in [6, 6.07) is 15.7. The van der Waals surface area contributed by atoms with Gasteiger partial charge in [-0.2, -0.15) is 0 Å². The maximum absolute atomic E-state index is 13.1. The lowest BCUT2D eigenvalue weighted by Gasteiger charge is -2.35. The Balaban J connectivity index is 1.48. The zero-order valence-electron chi connectivity index (χ0n) is 19.0. The molecule has 0 radical (unpaired) electrons. The summed E-state index contributed by atoms with van der Waals surface area (Å²) < 4.78 is 10.3. The van der Waals surface area contributed by atoms with Crippen molar-refractivity contribution in [1.29, 1.82) is 0 Å². The molecule has 34 heavy (non-hydrogen) atoms. The number of nitrogens with zero attached hydrogens (tertiary/aromatic N) is 2. The second-order valence-corrected chi connectivity index (χ2v) is 11.2. The molecule has 1 aliphatic rings. The Hall–Kier alpha value is -1.97. The number of hydrogen-bond donors (Lipinski definition) is 2. The van der Waals surface area contributed by atoms with Crippen molar-refractivity contribution >= 4 is 64.4 Å². The minimum absolute atomic E-state index is 0.0472. The van der Waals surface area contributed by atoms with Crippen LogP contribution in [0.4, 0.5) is 5.69 Å². The number of thioether (sulfide) groups is 1. The van der Waals surface area contributed by atoms with Gasteiger partial charge in [0.15, 0.2) is 0 Å². The van der Waals surface area contributed by atoms with E-state index in [-0.39, 0.29) is 11.9 Å². The first-order valence-electron chi connectivity index (χ1n) is 10.9. The van der Waals surface area contributed by atoms with Crippen LogP contribution < -0.4 is 10.2 Å². The molecule has 2 N–H and O–H groups in total. The van der Waals surface area contributed by atoms with Gasteiger partial charge in [0.25, 0.3) is 5.91 Å². The topological polar surface area (TPSA) is 65.5 Å². The van der Waals surface area contributed by atoms with Gasteiger partial charge in [0.05, 0.1) is 9.93 Å². The lowest BCUT2D eigenvalue weighted by Crippen LogP contribution is -2.48. The third-order valence-electron chi connectivity index (χ3n) is 5.69. The first-order valence-corrected chi connectivity index (χ1v) is 14.1. The zero-order chi connectivity index (χ0) is 24.1. The van der Waals surface area contributed by atoms with Crippen LogP contribution in [0.25, 0.3) is 16.6 Å². The van der Waals surface area contributed by atoms with E-state index in [9.17, 15) is 9.35 Å². The largest absolute Gasteiger partial charge is 0.369 e. The molecular weight excluding hydrogens is 506 g/mol. The molecule has 5 nitrogen and oxygen atoms in total. The molecule has 9 heteroatoms. The maximum atomic E-state index is 13.1. The van der Waals surface area contributed by atoms with Crippen LogP contribution in [0.3, 0.4) is 0 Å². The first kappa shape index (κ1) is 25.1. The van der Waals surface area contributed by atoms with Crippen LogP contribution in [-0.4, -0.2) is 40.8 Å². The normalized spacial score (nSPS) is 16.5. The van der Waals surface area contributed by atoms with E-state index in [1.54, 1.807) is 0 Å². The van der Waals surface area contributed by atoms with Gasteiger partial charge in [-0.3, -0.25) is 4.79 Å². The number of thiazole rings is 1. The number of hydrogen-bond acceptors (Lipinski definition) is 7. The smallest absolute Gasteiger partial charge is 0.263 e. The Morgan fingerprint density at radius 2 is 2.03 bits per heavy atom. The van der Waals surface area contributed by atoms with Gasteiger partial charge in [0.2, 0.25) is 0 Å². The quantitative estimate of drug-likeness (QED) is 0.319. The van der Waals surface area contributed by atoms with Gasteiger partial charge in [0, 0.05) is 47.4 Å². The monoisotopic (exact) mass is 531 g/mol. The highest BCUT2D eigenvalue weighted by Crippen LogP contribution is 2.32. The van der Waals surface area contributed by atoms with Gasteiger partial charge >= 0.3 is 0 Å². The van der Waals surface area contributed by atoms with Crippen LogP contribution in [0, 0.1) is 6.92 Å². The van der Waals surface area contributed by atoms with E-state index < -0.39 is 0 Å². The fourth-order valence-corrected chi connectivity index (χ4v) is 5.86. The average molecular weight is 532 g/mol. The number of rotatable bonds is 7. The number of halogens is 1. The van der Waals surface area contributed by atoms with E-state index in [4.69, 9.17) is 11.6 Å². The molecule has 0 spiro atoms. The number of nitrogens with one attached hydrogen (secondary N) is 1. The van der Waals surface area contributed by atoms with Crippen LogP contribution in [0.5, 0.6) is 0 Å². The fraction of sp³-hybridized carbons (Fsp3) is 0.280. The minimum Gasteiger partial charge on any atom is -0.369 e. The Kier molecular flexibility index (Phi) is 8.60. The van der Waals surface area contributed by atoms with Gasteiger partial charge in [0.1, 0.15) is 9.88 Å². The highest BCUT2D eigenvalue weighted by Gasteiger charge is 2.25. The summed E-state index contributed by atoms with van der Waals surface area (Å²) in [4.78, 5) is 20.7. The summed E-state index contributed by atoms with van der Waals surface area (Å²) in [7, 11) is 0. The molecule has 4 rings (SSSR count). The van der Waals surface area contributed by atoms with Crippen molar-refractivity contribution in [2.45, 2.75) is 25.8 Å². The van der Waals surface area contributed by atoms with Crippen LogP contribution in [0.2, 0.25) is 5.02 Å². The van der Waals surface area contributed by atoms with Crippen molar-refractivity contribution in [2.75, 3.05) is 24.2 Å². The molecule has 1 aromatic heterocycles. The summed E-state index contributed by atoms with van der Waals surface area (Å²) >= 11 is 9.69. The SMILES string of the molecule is CS/C(=C/c1ccccc1N1CCCC(NC(=O)c2sc(-c3ccc(Cl)cc3)nc2C)C1)SO. The van der Waals surface area contributed by atoms with E-state index in [0.29, 0.717) is 9.90 Å². The van der Waals surface area contributed by atoms with Crippen LogP contribution in [-0.2, 0) is 0 Å². The molecule has 1 atom stereocenters. The van der Waals surface area contributed by atoms with E-state index >= 15 is 0 Å². The summed E-state index contributed by atoms with van der Waals surface area (Å²) in [5.74, 6) is -0.0726. The van der Waals surface area contributed by atoms with Crippen molar-refractivity contribution in [3.05, 3.63) is 73.9 Å². The third-order valence-corrected chi connectivity index (χ3v) is 8.69. The van der Waals surface area contributed by atoms with Gasteiger partial charge in [-0.15, -0.1) is 23.1 Å². The highest BCUT2D eigenvalue weighted by molar-refractivity contribution is 8.19. The molecule has 0 aliphatic carbocycles. The van der Waals surface area contributed by atoms with Crippen molar-refractivity contribution in [1.82, 2.24) is 10.3 Å². The molecule has 1 unspecified atom stereocenters. The molecule has 0 bridgehead atoms. The van der Waals surface area contributed by atoms with Gasteiger partial charge < -0.3 is 14.8 Å². The lowest BCUT2D eigenvalue weighted by molar-refractivity contribution is 0.0936. The third kappa shape index (κ3) is 5.98. The predicted octanol–water partition coefficient (Wildman–Crippen LogP) is 7.04. The second kappa shape index (κ2) is 11.6. The summed E-state index contributed by atoms with van der Waals surface area (Å²) in [6.45, 7) is 3.54. The predicted molar refractivity (Wildman–Crippen MR) is 148 cm³/mol. The number of carbonyl (C=O) groups is 1. The Bertz CT molecular complexity index is 1170. The Labute approximate surface area is 217 Å². The maximum Gasteiger partial charge on any atom is 0.263 e. The number of aryl methyl sites for hydroxylation is 1. The molecular formula is C25H26ClN3O2S3. The molecule has 0 saturated carbocycles. The molecule has 2 aromatic carbocycles. The van der Waals surface area contributed by atoms with E-state index in [2.05, 4.69) is 27.3 Å². The second-order valence-electron chi connectivity index (χ2n) is 8.02. The summed E-state index contributed by atoms with van der Waals surface area (Å²) in [5, 5.41) is 4.73. The van der Waals surface area contributed by atoms with E-state index in [1.807, 2.05) is 55.7 Å². The molecule has 1 saturated heterocycles. The van der Waals surface area contributed by atoms with Crippen LogP contribution in [0.15, 0.2) is 52.8 Å². The van der Waals surface area contributed by atoms with Gasteiger partial charge in [-0.25, -0.2) is 4.98 Å². The van der Waals surface area contributed by atoms with Crippen LogP contribution >= 0.6 is 46.7 Å². The van der Waals surface area contributed by atoms with Gasteiger partial charge in [-0.05, 0) is 55.9 Å². The number of piperidine rings is 1. The van der Waals surface area contributed by atoms with E-state index in [0.717, 1.165) is 69.7 Å². The number of amides is 1. The van der Waals surface area contributed by atoms with Gasteiger partial charge in [-0.1, -0.05) is 41.9 Å². The van der Waals surface area contributed by atoms with Crippen molar-refractivity contribution < 1.29 is 9.35 Å². The number of benzene rings is 2. The van der Waals surface area contributed by atoms with Crippen LogP contribution in [0.1, 0.15) is 33.8 Å². The number of carbonyl (C=O) groups excluding carboxylic acids is 1. The number of para-hydroxylation sites is 1. The fourth-order valence-electron chi connectivity index (χ4n) is 4.03. The van der Waals surface area contributed by atoms with Crippen molar-refractivity contribution in [2.24, 2.45) is 0 Å². The molecule has 178 valence electrons. The van der Waals surface area contributed by atoms with Crippen molar-refractivity contribution in [3.8, 4) is 10.6 Å². The van der Waals surface area contributed by atoms with E-state index in [1.165, 1.54) is 23.1 Å². The molecule has 1 fully saturated rings. The molecule has 1 amide bonds. The summed E-state index contributed by atoms with van der Waals surface area (Å²) in [5.41, 5.74) is 3.87. The standard InChI is InChI=1S/C25H26ClN3O2S3/c1-16-23(33-25(27-16)17-9-11-19(26)12-10-17)24(30)28-20-7-5-13-29(15-20)21-8-4-3-6-18(21)14-22(32-2)34-31/h3-4,6,8-12,14,20,31H,5,7,13,15H2,1-2H3,(H,28,30)/b22-14-. The molecule has 3 aromatic rings. The lowest BCUT2D eigenvalue weighted by atomic mass is 10.0. The van der Waals surface area contributed by atoms with Crippen molar-refractivity contribution in [3.63, 3.8) is 0 Å².